The van der Waals surface area contributed by atoms with E-state index in [1.54, 1.807) is 0 Å². The van der Waals surface area contributed by atoms with Crippen LogP contribution in [0, 0.1) is 5.92 Å². The zero-order valence-electron chi connectivity index (χ0n) is 15.4. The number of carbonyl (C=O) groups excluding carboxylic acids is 1. The molecule has 0 unspecified atom stereocenters. The summed E-state index contributed by atoms with van der Waals surface area (Å²) in [6, 6.07) is 0.887. The van der Waals surface area contributed by atoms with Crippen LogP contribution in [0.5, 0.6) is 0 Å². The van der Waals surface area contributed by atoms with Crippen molar-refractivity contribution < 1.29 is 9.53 Å². The first-order valence-electron chi connectivity index (χ1n) is 9.23. The van der Waals surface area contributed by atoms with Crippen molar-refractivity contribution in [1.29, 1.82) is 0 Å². The molecule has 2 fully saturated rings. The molecule has 0 aromatic heterocycles. The van der Waals surface area contributed by atoms with Gasteiger partial charge in [0.25, 0.3) is 0 Å². The van der Waals surface area contributed by atoms with Crippen LogP contribution in [0.2, 0.25) is 0 Å². The normalized spacial score (nSPS) is 27.7. The Morgan fingerprint density at radius 3 is 2.17 bits per heavy atom. The molecule has 134 valence electrons. The number of carbonyl (C=O) groups is 1. The molecule has 0 aromatic carbocycles. The molecule has 5 heteroatoms. The zero-order chi connectivity index (χ0) is 16.9. The molecule has 2 N–H and O–H groups in total. The molecule has 0 bridgehead atoms. The Hall–Kier alpha value is -0.810. The Bertz CT molecular complexity index is 365. The molecule has 2 aliphatic rings. The van der Waals surface area contributed by atoms with Crippen molar-refractivity contribution in [2.75, 3.05) is 26.7 Å². The van der Waals surface area contributed by atoms with Crippen LogP contribution >= 0.6 is 0 Å². The second-order valence-corrected chi connectivity index (χ2v) is 8.35. The lowest BCUT2D eigenvalue weighted by molar-refractivity contribution is 0.0489. The van der Waals surface area contributed by atoms with Crippen molar-refractivity contribution in [3.8, 4) is 0 Å². The molecule has 1 amide bonds. The quantitative estimate of drug-likeness (QED) is 0.834. The summed E-state index contributed by atoms with van der Waals surface area (Å²) in [5, 5.41) is 6.77. The Morgan fingerprint density at radius 1 is 1.04 bits per heavy atom. The van der Waals surface area contributed by atoms with E-state index in [0.717, 1.165) is 38.1 Å². The summed E-state index contributed by atoms with van der Waals surface area (Å²) in [5.41, 5.74) is -0.420. The van der Waals surface area contributed by atoms with E-state index in [2.05, 4.69) is 22.6 Å². The molecule has 1 heterocycles. The number of nitrogens with one attached hydrogen (secondary N) is 2. The largest absolute Gasteiger partial charge is 0.444 e. The first-order valence-corrected chi connectivity index (χ1v) is 9.23. The van der Waals surface area contributed by atoms with Crippen molar-refractivity contribution in [1.82, 2.24) is 15.5 Å². The van der Waals surface area contributed by atoms with Gasteiger partial charge in [-0.25, -0.2) is 4.79 Å². The summed E-state index contributed by atoms with van der Waals surface area (Å²) >= 11 is 0. The van der Waals surface area contributed by atoms with Crippen LogP contribution in [0.25, 0.3) is 0 Å². The second kappa shape index (κ2) is 8.34. The number of hydrogen-bond acceptors (Lipinski definition) is 4. The predicted molar refractivity (Wildman–Crippen MR) is 93.6 cm³/mol. The Balaban J connectivity index is 1.59. The van der Waals surface area contributed by atoms with E-state index in [-0.39, 0.29) is 12.1 Å². The van der Waals surface area contributed by atoms with Crippen LogP contribution in [0.15, 0.2) is 0 Å². The average Bonchev–Trinajstić information content (AvgIpc) is 2.46. The second-order valence-electron chi connectivity index (χ2n) is 8.35. The van der Waals surface area contributed by atoms with E-state index in [9.17, 15) is 4.79 Å². The van der Waals surface area contributed by atoms with E-state index in [0.29, 0.717) is 6.04 Å². The maximum absolute atomic E-state index is 11.8. The fraction of sp³-hybridized carbons (Fsp3) is 0.944. The van der Waals surface area contributed by atoms with Crippen molar-refractivity contribution in [2.45, 2.75) is 77.0 Å². The minimum absolute atomic E-state index is 0.270. The number of likely N-dealkylation sites (tertiary alicyclic amines) is 1. The van der Waals surface area contributed by atoms with Crippen molar-refractivity contribution in [2.24, 2.45) is 5.92 Å². The van der Waals surface area contributed by atoms with Crippen LogP contribution < -0.4 is 10.6 Å². The van der Waals surface area contributed by atoms with Crippen molar-refractivity contribution >= 4 is 6.09 Å². The van der Waals surface area contributed by atoms with E-state index in [1.165, 1.54) is 25.9 Å². The molecule has 1 saturated carbocycles. The van der Waals surface area contributed by atoms with Gasteiger partial charge in [0.05, 0.1) is 0 Å². The summed E-state index contributed by atoms with van der Waals surface area (Å²) < 4.78 is 5.33. The van der Waals surface area contributed by atoms with E-state index in [4.69, 9.17) is 4.74 Å². The summed E-state index contributed by atoms with van der Waals surface area (Å²) in [6.45, 7) is 9.32. The van der Waals surface area contributed by atoms with E-state index >= 15 is 0 Å². The molecular weight excluding hydrogens is 290 g/mol. The highest BCUT2D eigenvalue weighted by molar-refractivity contribution is 5.68. The van der Waals surface area contributed by atoms with Crippen molar-refractivity contribution in [3.63, 3.8) is 0 Å². The minimum atomic E-state index is -0.420. The third-order valence-electron chi connectivity index (χ3n) is 4.98. The molecule has 2 rings (SSSR count). The highest BCUT2D eigenvalue weighted by atomic mass is 16.6. The lowest BCUT2D eigenvalue weighted by Crippen LogP contribution is -2.45. The third kappa shape index (κ3) is 7.08. The van der Waals surface area contributed by atoms with Crippen LogP contribution in [0.3, 0.4) is 0 Å². The van der Waals surface area contributed by atoms with Gasteiger partial charge in [0.15, 0.2) is 0 Å². The van der Waals surface area contributed by atoms with Gasteiger partial charge in [-0.2, -0.15) is 0 Å². The van der Waals surface area contributed by atoms with Crippen LogP contribution in [-0.4, -0.2) is 55.4 Å². The first-order chi connectivity index (χ1) is 10.8. The van der Waals surface area contributed by atoms with Crippen LogP contribution in [0.1, 0.15) is 59.3 Å². The van der Waals surface area contributed by atoms with Gasteiger partial charge in [-0.15, -0.1) is 0 Å². The van der Waals surface area contributed by atoms with Gasteiger partial charge in [-0.1, -0.05) is 0 Å². The Morgan fingerprint density at radius 2 is 1.61 bits per heavy atom. The SMILES string of the molecule is CN1CCC(CNC2CCC(NC(=O)OC(C)(C)C)CC2)CC1. The molecule has 0 spiro atoms. The number of rotatable bonds is 4. The van der Waals surface area contributed by atoms with Gasteiger partial charge in [0, 0.05) is 12.1 Å². The highest BCUT2D eigenvalue weighted by Gasteiger charge is 2.25. The third-order valence-corrected chi connectivity index (χ3v) is 4.98. The number of hydrogen-bond donors (Lipinski definition) is 2. The molecule has 1 aliphatic heterocycles. The zero-order valence-corrected chi connectivity index (χ0v) is 15.4. The summed E-state index contributed by atoms with van der Waals surface area (Å²) in [5.74, 6) is 0.837. The maximum atomic E-state index is 11.8. The lowest BCUT2D eigenvalue weighted by atomic mass is 9.90. The van der Waals surface area contributed by atoms with Crippen molar-refractivity contribution in [3.05, 3.63) is 0 Å². The fourth-order valence-electron chi connectivity index (χ4n) is 3.52. The number of alkyl carbamates (subject to hydrolysis) is 1. The molecule has 0 atom stereocenters. The lowest BCUT2D eigenvalue weighted by Gasteiger charge is -2.33. The van der Waals surface area contributed by atoms with E-state index < -0.39 is 5.60 Å². The predicted octanol–water partition coefficient (Wildman–Crippen LogP) is 2.75. The molecule has 1 saturated heterocycles. The number of amides is 1. The molecule has 0 aromatic rings. The number of ether oxygens (including phenoxy) is 1. The van der Waals surface area contributed by atoms with Gasteiger partial charge in [0.2, 0.25) is 0 Å². The minimum Gasteiger partial charge on any atom is -0.444 e. The molecule has 0 radical (unpaired) electrons. The number of nitrogens with zero attached hydrogens (tertiary/aromatic N) is 1. The Kier molecular flexibility index (Phi) is 6.72. The van der Waals surface area contributed by atoms with Crippen LogP contribution in [0.4, 0.5) is 4.79 Å². The number of piperidine rings is 1. The molecule has 23 heavy (non-hydrogen) atoms. The van der Waals surface area contributed by atoms with Gasteiger partial charge < -0.3 is 20.3 Å². The summed E-state index contributed by atoms with van der Waals surface area (Å²) in [7, 11) is 2.21. The standard InChI is InChI=1S/C18H35N3O2/c1-18(2,3)23-17(22)20-16-7-5-15(6-8-16)19-13-14-9-11-21(4)12-10-14/h14-16,19H,5-13H2,1-4H3,(H,20,22). The van der Waals surface area contributed by atoms with Gasteiger partial charge in [0.1, 0.15) is 5.60 Å². The molecular formula is C18H35N3O2. The van der Waals surface area contributed by atoms with Crippen LogP contribution in [-0.2, 0) is 4.74 Å². The topological polar surface area (TPSA) is 53.6 Å². The van der Waals surface area contributed by atoms with Gasteiger partial charge in [-0.05, 0) is 91.9 Å². The molecule has 1 aliphatic carbocycles. The average molecular weight is 325 g/mol. The summed E-state index contributed by atoms with van der Waals surface area (Å²) in [4.78, 5) is 14.2. The van der Waals surface area contributed by atoms with Gasteiger partial charge >= 0.3 is 6.09 Å². The smallest absolute Gasteiger partial charge is 0.407 e. The highest BCUT2D eigenvalue weighted by Crippen LogP contribution is 2.21. The molecule has 5 nitrogen and oxygen atoms in total. The monoisotopic (exact) mass is 325 g/mol. The van der Waals surface area contributed by atoms with E-state index in [1.807, 2.05) is 20.8 Å². The Labute approximate surface area is 141 Å². The van der Waals surface area contributed by atoms with Gasteiger partial charge in [-0.3, -0.25) is 0 Å². The summed E-state index contributed by atoms with van der Waals surface area (Å²) in [6.07, 6.45) is 6.74. The first kappa shape index (κ1) is 18.5. The maximum Gasteiger partial charge on any atom is 0.407 e. The fourth-order valence-corrected chi connectivity index (χ4v) is 3.52.